The first-order chi connectivity index (χ1) is 11.0. The Morgan fingerprint density at radius 1 is 0.708 bits per heavy atom. The molecule has 0 aliphatic heterocycles. The van der Waals surface area contributed by atoms with E-state index >= 15 is 0 Å². The molecule has 0 radical (unpaired) electrons. The third-order valence-corrected chi connectivity index (χ3v) is 5.13. The maximum atomic E-state index is 5.96. The Morgan fingerprint density at radius 2 is 1.04 bits per heavy atom. The second-order valence-corrected chi connectivity index (χ2v) is 10.5. The molecule has 0 amide bonds. The summed E-state index contributed by atoms with van der Waals surface area (Å²) in [5.41, 5.74) is 0. The summed E-state index contributed by atoms with van der Waals surface area (Å²) in [5.74, 6) is 1.92. The Balaban J connectivity index is 2.50. The van der Waals surface area contributed by atoms with E-state index in [9.17, 15) is 0 Å². The van der Waals surface area contributed by atoms with E-state index < -0.39 is 0 Å². The minimum absolute atomic E-state index is 0.755. The number of ether oxygens (including phenoxy) is 2. The van der Waals surface area contributed by atoms with E-state index in [1.54, 1.807) is 0 Å². The van der Waals surface area contributed by atoms with Crippen molar-refractivity contribution in [2.24, 2.45) is 0 Å². The van der Waals surface area contributed by atoms with Gasteiger partial charge in [-0.05, 0) is 57.3 Å². The van der Waals surface area contributed by atoms with Gasteiger partial charge in [0, 0.05) is 12.8 Å². The Labute approximate surface area is 175 Å². The highest BCUT2D eigenvalue weighted by molar-refractivity contribution is 14.1. The van der Waals surface area contributed by atoms with Crippen LogP contribution in [0.5, 0.6) is 11.5 Å². The van der Waals surface area contributed by atoms with Gasteiger partial charge in [0.05, 0.1) is 75.7 Å². The lowest BCUT2D eigenvalue weighted by molar-refractivity contribution is -0.870. The van der Waals surface area contributed by atoms with Crippen LogP contribution in [0.1, 0.15) is 12.8 Å². The smallest absolute Gasteiger partial charge is 0.133 e. The monoisotopic (exact) mass is 562 g/mol. The molecule has 6 heteroatoms. The van der Waals surface area contributed by atoms with Crippen molar-refractivity contribution in [3.05, 3.63) is 19.3 Å². The Morgan fingerprint density at radius 3 is 1.33 bits per heavy atom. The molecule has 0 heterocycles. The van der Waals surface area contributed by atoms with Crippen LogP contribution < -0.4 is 9.47 Å². The molecular weight excluding hydrogens is 530 g/mol. The average Bonchev–Trinajstić information content (AvgIpc) is 2.41. The van der Waals surface area contributed by atoms with Crippen LogP contribution in [-0.2, 0) is 0 Å². The van der Waals surface area contributed by atoms with Gasteiger partial charge in [-0.2, -0.15) is 0 Å². The first-order valence-corrected chi connectivity index (χ1v) is 10.5. The molecule has 0 aromatic heterocycles. The summed E-state index contributed by atoms with van der Waals surface area (Å²) in [6.07, 6.45) is 2.11. The third-order valence-electron chi connectivity index (χ3n) is 3.45. The van der Waals surface area contributed by atoms with Gasteiger partial charge in [-0.3, -0.25) is 0 Å². The first-order valence-electron chi connectivity index (χ1n) is 8.33. The molecule has 4 nitrogen and oxygen atoms in total. The maximum Gasteiger partial charge on any atom is 0.133 e. The van der Waals surface area contributed by atoms with Crippen LogP contribution in [0.4, 0.5) is 0 Å². The molecule has 0 N–H and O–H groups in total. The topological polar surface area (TPSA) is 18.5 Å². The van der Waals surface area contributed by atoms with E-state index in [1.807, 2.05) is 0 Å². The van der Waals surface area contributed by atoms with Crippen LogP contribution in [0.25, 0.3) is 0 Å². The van der Waals surface area contributed by atoms with E-state index in [0.717, 1.165) is 66.8 Å². The minimum Gasteiger partial charge on any atom is -0.492 e. The Bertz CT molecular complexity index is 475. The van der Waals surface area contributed by atoms with Crippen LogP contribution in [-0.4, -0.2) is 77.6 Å². The largest absolute Gasteiger partial charge is 0.492 e. The highest BCUT2D eigenvalue weighted by atomic mass is 127. The number of benzene rings is 1. The highest BCUT2D eigenvalue weighted by Gasteiger charge is 2.11. The molecule has 0 bridgehead atoms. The van der Waals surface area contributed by atoms with Gasteiger partial charge in [0.2, 0.25) is 0 Å². The van der Waals surface area contributed by atoms with Crippen molar-refractivity contribution in [2.75, 3.05) is 68.6 Å². The zero-order chi connectivity index (χ0) is 18.4. The van der Waals surface area contributed by atoms with Gasteiger partial charge in [0.25, 0.3) is 0 Å². The molecule has 0 fully saturated rings. The van der Waals surface area contributed by atoms with E-state index in [1.165, 1.54) is 0 Å². The molecule has 0 aliphatic rings. The number of rotatable bonds is 10. The molecule has 1 aromatic carbocycles. The van der Waals surface area contributed by atoms with Gasteiger partial charge in [0.15, 0.2) is 0 Å². The van der Waals surface area contributed by atoms with Gasteiger partial charge in [-0.15, -0.1) is 0 Å². The summed E-state index contributed by atoms with van der Waals surface area (Å²) in [6.45, 7) is 3.74. The van der Waals surface area contributed by atoms with Gasteiger partial charge < -0.3 is 18.4 Å². The summed E-state index contributed by atoms with van der Waals surface area (Å²) in [7, 11) is 13.2. The average molecular weight is 562 g/mol. The lowest BCUT2D eigenvalue weighted by Crippen LogP contribution is -2.36. The summed E-state index contributed by atoms with van der Waals surface area (Å²) in [4.78, 5) is 0. The molecule has 0 spiro atoms. The zero-order valence-electron chi connectivity index (χ0n) is 15.9. The molecule has 0 saturated carbocycles. The predicted molar refractivity (Wildman–Crippen MR) is 118 cm³/mol. The normalized spacial score (nSPS) is 12.3. The minimum atomic E-state index is 0.755. The van der Waals surface area contributed by atoms with Crippen molar-refractivity contribution in [1.82, 2.24) is 0 Å². The van der Waals surface area contributed by atoms with Crippen LogP contribution >= 0.6 is 45.2 Å². The number of hydrogen-bond donors (Lipinski definition) is 0. The summed E-state index contributed by atoms with van der Waals surface area (Å²) >= 11 is 4.66. The molecule has 24 heavy (non-hydrogen) atoms. The predicted octanol–water partition coefficient (Wildman–Crippen LogP) is 3.85. The van der Waals surface area contributed by atoms with Gasteiger partial charge in [0.1, 0.15) is 11.5 Å². The number of nitrogens with zero attached hydrogens (tertiary/aromatic N) is 2. The van der Waals surface area contributed by atoms with Gasteiger partial charge >= 0.3 is 0 Å². The fourth-order valence-electron chi connectivity index (χ4n) is 2.17. The summed E-state index contributed by atoms with van der Waals surface area (Å²) in [6, 6.07) is 4.17. The Kier molecular flexibility index (Phi) is 9.06. The summed E-state index contributed by atoms with van der Waals surface area (Å²) < 4.78 is 16.1. The zero-order valence-corrected chi connectivity index (χ0v) is 20.2. The number of hydrogen-bond acceptors (Lipinski definition) is 2. The van der Waals surface area contributed by atoms with E-state index in [-0.39, 0.29) is 0 Å². The number of quaternary nitrogens is 2. The number of halogens is 2. The van der Waals surface area contributed by atoms with E-state index in [0.29, 0.717) is 0 Å². The molecule has 1 rings (SSSR count). The molecule has 1 aromatic rings. The van der Waals surface area contributed by atoms with E-state index in [4.69, 9.17) is 9.47 Å². The lowest BCUT2D eigenvalue weighted by atomic mass is 10.3. The summed E-state index contributed by atoms with van der Waals surface area (Å²) in [5, 5.41) is 0. The maximum absolute atomic E-state index is 5.96. The quantitative estimate of drug-likeness (QED) is 0.245. The van der Waals surface area contributed by atoms with Crippen molar-refractivity contribution < 1.29 is 18.4 Å². The molecule has 0 saturated heterocycles. The van der Waals surface area contributed by atoms with Crippen molar-refractivity contribution in [3.63, 3.8) is 0 Å². The second kappa shape index (κ2) is 9.78. The Hall–Kier alpha value is 0.200. The second-order valence-electron chi connectivity index (χ2n) is 8.14. The van der Waals surface area contributed by atoms with Crippen molar-refractivity contribution >= 4 is 45.2 Å². The van der Waals surface area contributed by atoms with E-state index in [2.05, 4.69) is 99.6 Å². The fourth-order valence-corrected chi connectivity index (χ4v) is 3.36. The third kappa shape index (κ3) is 9.62. The first kappa shape index (κ1) is 22.2. The molecular formula is C18H32I2N2O2+2. The van der Waals surface area contributed by atoms with Gasteiger partial charge in [-0.25, -0.2) is 0 Å². The van der Waals surface area contributed by atoms with Crippen molar-refractivity contribution in [2.45, 2.75) is 12.8 Å². The van der Waals surface area contributed by atoms with Crippen LogP contribution in [0.2, 0.25) is 0 Å². The molecule has 0 atom stereocenters. The van der Waals surface area contributed by atoms with Crippen molar-refractivity contribution in [3.8, 4) is 11.5 Å². The lowest BCUT2D eigenvalue weighted by Gasteiger charge is -2.24. The molecule has 138 valence electrons. The molecule has 0 unspecified atom stereocenters. The van der Waals surface area contributed by atoms with Gasteiger partial charge in [-0.1, -0.05) is 0 Å². The van der Waals surface area contributed by atoms with Crippen LogP contribution in [0, 0.1) is 7.14 Å². The fraction of sp³-hybridized carbons (Fsp3) is 0.667. The van der Waals surface area contributed by atoms with Crippen LogP contribution in [0.15, 0.2) is 12.1 Å². The standard InChI is InChI=1S/C18H32I2N2O2/c1-21(2,3)9-7-11-23-17-13-16(20)18(14-15(17)19)24-12-8-10-22(4,5)6/h13-14H,7-12H2,1-6H3/q+2. The molecule has 0 aliphatic carbocycles. The SMILES string of the molecule is C[N+](C)(C)CCCOc1cc(I)c(OCCC[N+](C)(C)C)cc1I. The van der Waals surface area contributed by atoms with Crippen LogP contribution in [0.3, 0.4) is 0 Å². The highest BCUT2D eigenvalue weighted by Crippen LogP contribution is 2.31. The van der Waals surface area contributed by atoms with Crippen molar-refractivity contribution in [1.29, 1.82) is 0 Å².